The predicted octanol–water partition coefficient (Wildman–Crippen LogP) is 1.32. The van der Waals surface area contributed by atoms with Crippen LogP contribution >= 0.6 is 0 Å². The van der Waals surface area contributed by atoms with Crippen molar-refractivity contribution in [2.45, 2.75) is 19.8 Å². The van der Waals surface area contributed by atoms with Gasteiger partial charge < -0.3 is 15.6 Å². The van der Waals surface area contributed by atoms with E-state index < -0.39 is 11.9 Å². The molecule has 0 saturated carbocycles. The number of aromatic carboxylic acids is 1. The fourth-order valence-electron chi connectivity index (χ4n) is 1.15. The van der Waals surface area contributed by atoms with Crippen LogP contribution in [0.2, 0.25) is 0 Å². The SMILES string of the molecule is CCCCOC(=O)c1cnc(N)c(C(=O)O)c1. The van der Waals surface area contributed by atoms with Crippen LogP contribution in [0.25, 0.3) is 0 Å². The van der Waals surface area contributed by atoms with Gasteiger partial charge in [0, 0.05) is 6.20 Å². The third-order valence-electron chi connectivity index (χ3n) is 2.12. The van der Waals surface area contributed by atoms with E-state index in [4.69, 9.17) is 15.6 Å². The molecule has 0 radical (unpaired) electrons. The van der Waals surface area contributed by atoms with Crippen molar-refractivity contribution >= 4 is 17.8 Å². The highest BCUT2D eigenvalue weighted by molar-refractivity contribution is 5.97. The van der Waals surface area contributed by atoms with E-state index >= 15 is 0 Å². The molecule has 1 aromatic heterocycles. The Morgan fingerprint density at radius 3 is 2.82 bits per heavy atom. The van der Waals surface area contributed by atoms with E-state index in [2.05, 4.69) is 4.98 Å². The van der Waals surface area contributed by atoms with Gasteiger partial charge in [-0.25, -0.2) is 14.6 Å². The maximum atomic E-state index is 11.5. The van der Waals surface area contributed by atoms with Crippen LogP contribution in [0, 0.1) is 0 Å². The molecule has 1 heterocycles. The molecule has 1 rings (SSSR count). The summed E-state index contributed by atoms with van der Waals surface area (Å²) >= 11 is 0. The summed E-state index contributed by atoms with van der Waals surface area (Å²) in [5, 5.41) is 8.81. The molecule has 6 nitrogen and oxygen atoms in total. The molecule has 0 bridgehead atoms. The van der Waals surface area contributed by atoms with Gasteiger partial charge in [-0.2, -0.15) is 0 Å². The highest BCUT2D eigenvalue weighted by atomic mass is 16.5. The maximum absolute atomic E-state index is 11.5. The highest BCUT2D eigenvalue weighted by Crippen LogP contribution is 2.11. The van der Waals surface area contributed by atoms with Gasteiger partial charge in [0.2, 0.25) is 0 Å². The summed E-state index contributed by atoms with van der Waals surface area (Å²) in [5.74, 6) is -1.94. The topological polar surface area (TPSA) is 103 Å². The van der Waals surface area contributed by atoms with Gasteiger partial charge >= 0.3 is 11.9 Å². The highest BCUT2D eigenvalue weighted by Gasteiger charge is 2.14. The average Bonchev–Trinajstić information content (AvgIpc) is 2.29. The van der Waals surface area contributed by atoms with Gasteiger partial charge in [-0.15, -0.1) is 0 Å². The van der Waals surface area contributed by atoms with Crippen LogP contribution in [-0.2, 0) is 4.74 Å². The summed E-state index contributed by atoms with van der Waals surface area (Å²) in [6.45, 7) is 2.28. The van der Waals surface area contributed by atoms with Gasteiger partial charge in [0.1, 0.15) is 11.4 Å². The summed E-state index contributed by atoms with van der Waals surface area (Å²) in [5.41, 5.74) is 5.26. The standard InChI is InChI=1S/C11H14N2O4/c1-2-3-4-17-11(16)7-5-8(10(14)15)9(12)13-6-7/h5-6H,2-4H2,1H3,(H2,12,13)(H,14,15). The van der Waals surface area contributed by atoms with Gasteiger partial charge in [-0.1, -0.05) is 13.3 Å². The molecule has 0 unspecified atom stereocenters. The molecule has 3 N–H and O–H groups in total. The van der Waals surface area contributed by atoms with Crippen molar-refractivity contribution in [1.82, 2.24) is 4.98 Å². The molecule has 0 saturated heterocycles. The minimum atomic E-state index is -1.22. The number of aromatic nitrogens is 1. The number of carbonyl (C=O) groups excluding carboxylic acids is 1. The number of anilines is 1. The zero-order valence-corrected chi connectivity index (χ0v) is 9.47. The number of unbranched alkanes of at least 4 members (excludes halogenated alkanes) is 1. The summed E-state index contributed by atoms with van der Waals surface area (Å²) in [6, 6.07) is 1.17. The summed E-state index contributed by atoms with van der Waals surface area (Å²) in [6.07, 6.45) is 2.88. The molecular formula is C11H14N2O4. The summed E-state index contributed by atoms with van der Waals surface area (Å²) in [7, 11) is 0. The fraction of sp³-hybridized carbons (Fsp3) is 0.364. The van der Waals surface area contributed by atoms with Gasteiger partial charge in [-0.05, 0) is 12.5 Å². The van der Waals surface area contributed by atoms with Crippen molar-refractivity contribution in [2.75, 3.05) is 12.3 Å². The molecule has 6 heteroatoms. The average molecular weight is 238 g/mol. The van der Waals surface area contributed by atoms with Crippen molar-refractivity contribution in [3.8, 4) is 0 Å². The number of nitrogens with two attached hydrogens (primary N) is 1. The van der Waals surface area contributed by atoms with Gasteiger partial charge in [-0.3, -0.25) is 0 Å². The molecule has 0 amide bonds. The van der Waals surface area contributed by atoms with Gasteiger partial charge in [0.25, 0.3) is 0 Å². The lowest BCUT2D eigenvalue weighted by atomic mass is 10.2. The molecule has 92 valence electrons. The minimum Gasteiger partial charge on any atom is -0.478 e. The van der Waals surface area contributed by atoms with Crippen molar-refractivity contribution in [2.24, 2.45) is 0 Å². The zero-order valence-electron chi connectivity index (χ0n) is 9.47. The third-order valence-corrected chi connectivity index (χ3v) is 2.12. The van der Waals surface area contributed by atoms with E-state index in [1.165, 1.54) is 12.3 Å². The number of hydrogen-bond donors (Lipinski definition) is 2. The number of nitrogen functional groups attached to an aromatic ring is 1. The fourth-order valence-corrected chi connectivity index (χ4v) is 1.15. The number of rotatable bonds is 5. The Balaban J connectivity index is 2.81. The van der Waals surface area contributed by atoms with Crippen LogP contribution < -0.4 is 5.73 Å². The number of esters is 1. The van der Waals surface area contributed by atoms with Crippen LogP contribution in [-0.4, -0.2) is 28.6 Å². The second-order valence-corrected chi connectivity index (χ2v) is 3.45. The van der Waals surface area contributed by atoms with Crippen molar-refractivity contribution in [3.05, 3.63) is 23.4 Å². The Hall–Kier alpha value is -2.11. The molecule has 0 aromatic carbocycles. The number of carboxylic acids is 1. The molecule has 0 atom stereocenters. The van der Waals surface area contributed by atoms with Crippen LogP contribution in [0.15, 0.2) is 12.3 Å². The number of hydrogen-bond acceptors (Lipinski definition) is 5. The molecule has 0 aliphatic carbocycles. The first-order valence-corrected chi connectivity index (χ1v) is 5.22. The summed E-state index contributed by atoms with van der Waals surface area (Å²) < 4.78 is 4.93. The van der Waals surface area contributed by atoms with Crippen LogP contribution in [0.4, 0.5) is 5.82 Å². The Labute approximate surface area is 98.4 Å². The number of nitrogens with zero attached hydrogens (tertiary/aromatic N) is 1. The quantitative estimate of drug-likeness (QED) is 0.592. The molecule has 0 fully saturated rings. The normalized spacial score (nSPS) is 9.94. The lowest BCUT2D eigenvalue weighted by Gasteiger charge is -2.05. The molecular weight excluding hydrogens is 224 g/mol. The van der Waals surface area contributed by atoms with E-state index in [0.29, 0.717) is 6.61 Å². The molecule has 0 spiro atoms. The van der Waals surface area contributed by atoms with Crippen LogP contribution in [0.5, 0.6) is 0 Å². The van der Waals surface area contributed by atoms with E-state index in [1.54, 1.807) is 0 Å². The Morgan fingerprint density at radius 1 is 1.53 bits per heavy atom. The summed E-state index contributed by atoms with van der Waals surface area (Å²) in [4.78, 5) is 25.9. The number of pyridine rings is 1. The largest absolute Gasteiger partial charge is 0.478 e. The maximum Gasteiger partial charge on any atom is 0.339 e. The van der Waals surface area contributed by atoms with Gasteiger partial charge in [0.15, 0.2) is 0 Å². The Bertz CT molecular complexity index is 431. The second-order valence-electron chi connectivity index (χ2n) is 3.45. The first-order chi connectivity index (χ1) is 8.06. The smallest absolute Gasteiger partial charge is 0.339 e. The van der Waals surface area contributed by atoms with Gasteiger partial charge in [0.05, 0.1) is 12.2 Å². The number of carbonyl (C=O) groups is 2. The van der Waals surface area contributed by atoms with Crippen molar-refractivity contribution in [3.63, 3.8) is 0 Å². The second kappa shape index (κ2) is 5.83. The third kappa shape index (κ3) is 3.44. The predicted molar refractivity (Wildman–Crippen MR) is 60.8 cm³/mol. The number of carboxylic acid groups (broad SMARTS) is 1. The van der Waals surface area contributed by atoms with Crippen LogP contribution in [0.1, 0.15) is 40.5 Å². The van der Waals surface area contributed by atoms with Crippen LogP contribution in [0.3, 0.4) is 0 Å². The first-order valence-electron chi connectivity index (χ1n) is 5.22. The van der Waals surface area contributed by atoms with E-state index in [9.17, 15) is 9.59 Å². The monoisotopic (exact) mass is 238 g/mol. The zero-order chi connectivity index (χ0) is 12.8. The van der Waals surface area contributed by atoms with E-state index in [0.717, 1.165) is 12.8 Å². The lowest BCUT2D eigenvalue weighted by Crippen LogP contribution is -2.11. The van der Waals surface area contributed by atoms with E-state index in [1.807, 2.05) is 6.92 Å². The number of ether oxygens (including phenoxy) is 1. The lowest BCUT2D eigenvalue weighted by molar-refractivity contribution is 0.0499. The minimum absolute atomic E-state index is 0.0905. The van der Waals surface area contributed by atoms with E-state index in [-0.39, 0.29) is 16.9 Å². The first kappa shape index (κ1) is 13.0. The Morgan fingerprint density at radius 2 is 2.24 bits per heavy atom. The van der Waals surface area contributed by atoms with Crippen molar-refractivity contribution < 1.29 is 19.4 Å². The molecule has 17 heavy (non-hydrogen) atoms. The molecule has 0 aliphatic heterocycles. The Kier molecular flexibility index (Phi) is 4.45. The molecule has 1 aromatic rings. The van der Waals surface area contributed by atoms with Crippen molar-refractivity contribution in [1.29, 1.82) is 0 Å². The molecule has 0 aliphatic rings.